The molecule has 1 heterocycles. The van der Waals surface area contributed by atoms with Crippen molar-refractivity contribution in [3.8, 4) is 0 Å². The van der Waals surface area contributed by atoms with Crippen molar-refractivity contribution in [3.63, 3.8) is 0 Å². The molecule has 0 atom stereocenters. The van der Waals surface area contributed by atoms with Crippen LogP contribution in [0.1, 0.15) is 11.1 Å². The van der Waals surface area contributed by atoms with Crippen molar-refractivity contribution in [3.05, 3.63) is 47.7 Å². The van der Waals surface area contributed by atoms with Gasteiger partial charge in [0.1, 0.15) is 5.82 Å². The number of rotatable bonds is 3. The molecule has 0 radical (unpaired) electrons. The average molecular weight is 228 g/mol. The number of benzene rings is 1. The van der Waals surface area contributed by atoms with E-state index in [2.05, 4.69) is 41.2 Å². The largest absolute Gasteiger partial charge is 0.384 e. The Hall–Kier alpha value is -2.10. The first-order valence-corrected chi connectivity index (χ1v) is 5.50. The predicted octanol–water partition coefficient (Wildman–Crippen LogP) is 2.00. The SMILES string of the molecule is Cc1ccc(CN(C)c2nccc(N)n2)cc1. The minimum absolute atomic E-state index is 0.491. The number of nitrogens with zero attached hydrogens (tertiary/aromatic N) is 3. The number of aromatic nitrogens is 2. The van der Waals surface area contributed by atoms with Crippen molar-refractivity contribution in [1.29, 1.82) is 0 Å². The number of nitrogen functional groups attached to an aromatic ring is 1. The molecule has 4 heteroatoms. The van der Waals surface area contributed by atoms with Gasteiger partial charge in [-0.1, -0.05) is 29.8 Å². The van der Waals surface area contributed by atoms with Gasteiger partial charge in [0.25, 0.3) is 0 Å². The van der Waals surface area contributed by atoms with Gasteiger partial charge in [0.05, 0.1) is 0 Å². The van der Waals surface area contributed by atoms with Gasteiger partial charge in [0.2, 0.25) is 5.95 Å². The van der Waals surface area contributed by atoms with Crippen LogP contribution in [0.15, 0.2) is 36.5 Å². The average Bonchev–Trinajstić information content (AvgIpc) is 2.32. The molecule has 1 aromatic heterocycles. The van der Waals surface area contributed by atoms with Gasteiger partial charge < -0.3 is 10.6 Å². The van der Waals surface area contributed by atoms with Crippen molar-refractivity contribution < 1.29 is 0 Å². The number of aryl methyl sites for hydroxylation is 1. The van der Waals surface area contributed by atoms with Crippen LogP contribution in [-0.4, -0.2) is 17.0 Å². The van der Waals surface area contributed by atoms with E-state index in [0.717, 1.165) is 6.54 Å². The summed E-state index contributed by atoms with van der Waals surface area (Å²) in [7, 11) is 1.95. The lowest BCUT2D eigenvalue weighted by Gasteiger charge is -2.17. The van der Waals surface area contributed by atoms with E-state index in [1.807, 2.05) is 11.9 Å². The number of nitrogens with two attached hydrogens (primary N) is 1. The fraction of sp³-hybridized carbons (Fsp3) is 0.231. The first kappa shape index (κ1) is 11.4. The maximum Gasteiger partial charge on any atom is 0.227 e. The first-order valence-electron chi connectivity index (χ1n) is 5.50. The summed E-state index contributed by atoms with van der Waals surface area (Å²) in [5, 5.41) is 0. The van der Waals surface area contributed by atoms with Gasteiger partial charge in [-0.3, -0.25) is 0 Å². The molecule has 2 N–H and O–H groups in total. The van der Waals surface area contributed by atoms with Gasteiger partial charge in [0, 0.05) is 19.8 Å². The van der Waals surface area contributed by atoms with Crippen molar-refractivity contribution >= 4 is 11.8 Å². The maximum absolute atomic E-state index is 5.63. The van der Waals surface area contributed by atoms with Crippen molar-refractivity contribution in [2.45, 2.75) is 13.5 Å². The van der Waals surface area contributed by atoms with Gasteiger partial charge in [-0.15, -0.1) is 0 Å². The Labute approximate surface area is 101 Å². The monoisotopic (exact) mass is 228 g/mol. The van der Waals surface area contributed by atoms with Crippen LogP contribution in [0.2, 0.25) is 0 Å². The second-order valence-corrected chi connectivity index (χ2v) is 4.12. The second-order valence-electron chi connectivity index (χ2n) is 4.12. The van der Waals surface area contributed by atoms with Gasteiger partial charge in [-0.05, 0) is 18.6 Å². The minimum Gasteiger partial charge on any atom is -0.384 e. The molecule has 17 heavy (non-hydrogen) atoms. The quantitative estimate of drug-likeness (QED) is 0.873. The van der Waals surface area contributed by atoms with E-state index in [9.17, 15) is 0 Å². The molecule has 0 aliphatic carbocycles. The second kappa shape index (κ2) is 4.82. The van der Waals surface area contributed by atoms with Crippen LogP contribution in [0, 0.1) is 6.92 Å². The van der Waals surface area contributed by atoms with E-state index in [1.165, 1.54) is 11.1 Å². The molecule has 0 amide bonds. The molecular weight excluding hydrogens is 212 g/mol. The normalized spacial score (nSPS) is 10.2. The molecular formula is C13H16N4. The summed E-state index contributed by atoms with van der Waals surface area (Å²) in [6, 6.07) is 10.1. The Morgan fingerprint density at radius 3 is 2.53 bits per heavy atom. The zero-order chi connectivity index (χ0) is 12.3. The summed E-state index contributed by atoms with van der Waals surface area (Å²) in [6.07, 6.45) is 1.67. The highest BCUT2D eigenvalue weighted by Crippen LogP contribution is 2.11. The molecule has 0 aliphatic heterocycles. The summed E-state index contributed by atoms with van der Waals surface area (Å²) in [5.41, 5.74) is 8.12. The van der Waals surface area contributed by atoms with Gasteiger partial charge >= 0.3 is 0 Å². The third-order valence-corrected chi connectivity index (χ3v) is 2.55. The van der Waals surface area contributed by atoms with Crippen LogP contribution in [0.5, 0.6) is 0 Å². The molecule has 0 bridgehead atoms. The Morgan fingerprint density at radius 1 is 1.18 bits per heavy atom. The van der Waals surface area contributed by atoms with Gasteiger partial charge in [-0.2, -0.15) is 4.98 Å². The van der Waals surface area contributed by atoms with E-state index in [0.29, 0.717) is 11.8 Å². The van der Waals surface area contributed by atoms with E-state index in [1.54, 1.807) is 12.3 Å². The topological polar surface area (TPSA) is 55.0 Å². The zero-order valence-electron chi connectivity index (χ0n) is 10.1. The van der Waals surface area contributed by atoms with E-state index in [-0.39, 0.29) is 0 Å². The third-order valence-electron chi connectivity index (χ3n) is 2.55. The Bertz CT molecular complexity index is 493. The minimum atomic E-state index is 0.491. The summed E-state index contributed by atoms with van der Waals surface area (Å²) < 4.78 is 0. The summed E-state index contributed by atoms with van der Waals surface area (Å²) in [5.74, 6) is 1.14. The molecule has 1 aromatic carbocycles. The molecule has 2 rings (SSSR count). The summed E-state index contributed by atoms with van der Waals surface area (Å²) in [6.45, 7) is 2.85. The number of anilines is 2. The van der Waals surface area contributed by atoms with Crippen LogP contribution in [0.4, 0.5) is 11.8 Å². The maximum atomic E-state index is 5.63. The molecule has 0 spiro atoms. The third kappa shape index (κ3) is 2.93. The lowest BCUT2D eigenvalue weighted by atomic mass is 10.1. The molecule has 0 unspecified atom stereocenters. The Kier molecular flexibility index (Phi) is 3.23. The Balaban J connectivity index is 2.11. The molecule has 2 aromatic rings. The highest BCUT2D eigenvalue weighted by molar-refractivity contribution is 5.38. The summed E-state index contributed by atoms with van der Waals surface area (Å²) >= 11 is 0. The van der Waals surface area contributed by atoms with E-state index < -0.39 is 0 Å². The fourth-order valence-electron chi connectivity index (χ4n) is 1.58. The standard InChI is InChI=1S/C13H16N4/c1-10-3-5-11(6-4-10)9-17(2)13-15-8-7-12(14)16-13/h3-8H,9H2,1-2H3,(H2,14,15,16). The highest BCUT2D eigenvalue weighted by Gasteiger charge is 2.04. The number of hydrogen-bond donors (Lipinski definition) is 1. The van der Waals surface area contributed by atoms with E-state index >= 15 is 0 Å². The predicted molar refractivity (Wildman–Crippen MR) is 69.7 cm³/mol. The highest BCUT2D eigenvalue weighted by atomic mass is 15.2. The van der Waals surface area contributed by atoms with Crippen LogP contribution >= 0.6 is 0 Å². The lowest BCUT2D eigenvalue weighted by Crippen LogP contribution is -2.19. The Morgan fingerprint density at radius 2 is 1.88 bits per heavy atom. The molecule has 0 aliphatic rings. The van der Waals surface area contributed by atoms with Crippen LogP contribution in [0.25, 0.3) is 0 Å². The van der Waals surface area contributed by atoms with Crippen LogP contribution < -0.4 is 10.6 Å². The van der Waals surface area contributed by atoms with Crippen molar-refractivity contribution in [2.75, 3.05) is 17.7 Å². The van der Waals surface area contributed by atoms with Gasteiger partial charge in [-0.25, -0.2) is 4.98 Å². The van der Waals surface area contributed by atoms with E-state index in [4.69, 9.17) is 5.73 Å². The van der Waals surface area contributed by atoms with Crippen molar-refractivity contribution in [2.24, 2.45) is 0 Å². The van der Waals surface area contributed by atoms with Crippen LogP contribution in [0.3, 0.4) is 0 Å². The smallest absolute Gasteiger partial charge is 0.227 e. The van der Waals surface area contributed by atoms with Gasteiger partial charge in [0.15, 0.2) is 0 Å². The lowest BCUT2D eigenvalue weighted by molar-refractivity contribution is 0.868. The fourth-order valence-corrected chi connectivity index (χ4v) is 1.58. The molecule has 0 saturated heterocycles. The molecule has 88 valence electrons. The van der Waals surface area contributed by atoms with Crippen molar-refractivity contribution in [1.82, 2.24) is 9.97 Å². The number of hydrogen-bond acceptors (Lipinski definition) is 4. The summed E-state index contributed by atoms with van der Waals surface area (Å²) in [4.78, 5) is 10.3. The molecule has 0 fully saturated rings. The molecule has 4 nitrogen and oxygen atoms in total. The molecule has 0 saturated carbocycles. The van der Waals surface area contributed by atoms with Crippen LogP contribution in [-0.2, 0) is 6.54 Å². The first-order chi connectivity index (χ1) is 8.15. The zero-order valence-corrected chi connectivity index (χ0v) is 10.1.